The number of nitrogens with zero attached hydrogens (tertiary/aromatic N) is 5. The lowest BCUT2D eigenvalue weighted by atomic mass is 10.2. The average Bonchev–Trinajstić information content (AvgIpc) is 3.52. The van der Waals surface area contributed by atoms with Gasteiger partial charge < -0.3 is 16.0 Å². The third-order valence-corrected chi connectivity index (χ3v) is 6.86. The van der Waals surface area contributed by atoms with Crippen LogP contribution in [0, 0.1) is 11.6 Å². The van der Waals surface area contributed by atoms with E-state index >= 15 is 0 Å². The molecule has 1 aromatic carbocycles. The molecule has 5 N–H and O–H groups in total. The van der Waals surface area contributed by atoms with Crippen LogP contribution in [-0.2, 0) is 6.54 Å². The van der Waals surface area contributed by atoms with Crippen molar-refractivity contribution < 1.29 is 13.6 Å². The van der Waals surface area contributed by atoms with E-state index in [4.69, 9.17) is 5.73 Å². The number of guanidine groups is 1. The molecule has 1 atom stereocenters. The molecule has 3 aromatic rings. The van der Waals surface area contributed by atoms with Crippen LogP contribution in [0.3, 0.4) is 0 Å². The second kappa shape index (κ2) is 9.98. The van der Waals surface area contributed by atoms with Gasteiger partial charge in [0.2, 0.25) is 0 Å². The minimum absolute atomic E-state index is 0.220. The number of aromatic nitrogens is 2. The summed E-state index contributed by atoms with van der Waals surface area (Å²) < 4.78 is 29.1. The zero-order valence-electron chi connectivity index (χ0n) is 18.7. The summed E-state index contributed by atoms with van der Waals surface area (Å²) in [5.74, 6) is -0.430. The molecule has 4 heterocycles. The number of hydrogen-bond acceptors (Lipinski definition) is 9. The number of carbonyl (C=O) groups excluding carboxylic acids is 1. The van der Waals surface area contributed by atoms with Gasteiger partial charge in [0, 0.05) is 38.8 Å². The highest BCUT2D eigenvalue weighted by atomic mass is 32.1. The van der Waals surface area contributed by atoms with E-state index in [2.05, 4.69) is 31.2 Å². The number of nitrogens with two attached hydrogens (primary N) is 1. The summed E-state index contributed by atoms with van der Waals surface area (Å²) in [7, 11) is 0. The summed E-state index contributed by atoms with van der Waals surface area (Å²) in [4.78, 5) is 21.4. The Bertz CT molecular complexity index is 1220. The Balaban J connectivity index is 1.16. The van der Waals surface area contributed by atoms with E-state index in [1.165, 1.54) is 23.5 Å². The highest BCUT2D eigenvalue weighted by molar-refractivity contribution is 7.12. The Hall–Kier alpha value is -3.55. The monoisotopic (exact) mass is 501 g/mol. The van der Waals surface area contributed by atoms with Crippen molar-refractivity contribution in [3.8, 4) is 0 Å². The predicted molar refractivity (Wildman–Crippen MR) is 130 cm³/mol. The summed E-state index contributed by atoms with van der Waals surface area (Å²) in [6, 6.07) is 7.23. The number of carbonyl (C=O) groups is 1. The first kappa shape index (κ1) is 23.2. The second-order valence-electron chi connectivity index (χ2n) is 8.21. The molecule has 2 aromatic heterocycles. The predicted octanol–water partition coefficient (Wildman–Crippen LogP) is 1.72. The number of piperazine rings is 1. The lowest BCUT2D eigenvalue weighted by Crippen LogP contribution is -2.47. The number of hydrogen-bond donors (Lipinski definition) is 4. The molecule has 10 nitrogen and oxygen atoms in total. The van der Waals surface area contributed by atoms with Crippen molar-refractivity contribution in [2.75, 3.05) is 42.9 Å². The molecule has 2 aliphatic rings. The molecule has 0 bridgehead atoms. The minimum atomic E-state index is -0.575. The van der Waals surface area contributed by atoms with Crippen LogP contribution in [0.2, 0.25) is 0 Å². The molecule has 184 valence electrons. The summed E-state index contributed by atoms with van der Waals surface area (Å²) in [5.41, 5.74) is 12.8. The van der Waals surface area contributed by atoms with Crippen molar-refractivity contribution in [2.45, 2.75) is 12.7 Å². The van der Waals surface area contributed by atoms with Gasteiger partial charge in [0.1, 0.15) is 17.5 Å². The molecular weight excluding hydrogens is 476 g/mol. The number of halogens is 2. The van der Waals surface area contributed by atoms with E-state index < -0.39 is 17.8 Å². The van der Waals surface area contributed by atoms with Crippen LogP contribution in [-0.4, -0.2) is 59.3 Å². The number of hydrazine groups is 1. The van der Waals surface area contributed by atoms with Crippen molar-refractivity contribution in [1.29, 1.82) is 0 Å². The Kier molecular flexibility index (Phi) is 6.61. The number of thiophene rings is 1. The minimum Gasteiger partial charge on any atom is -0.370 e. The molecule has 13 heteroatoms. The number of amides is 1. The number of aliphatic imine (C=N–C) groups is 1. The average molecular weight is 502 g/mol. The van der Waals surface area contributed by atoms with E-state index in [0.29, 0.717) is 36.0 Å². The van der Waals surface area contributed by atoms with Crippen molar-refractivity contribution >= 4 is 34.7 Å². The Morgan fingerprint density at radius 3 is 2.77 bits per heavy atom. The van der Waals surface area contributed by atoms with Gasteiger partial charge in [0.15, 0.2) is 12.1 Å². The van der Waals surface area contributed by atoms with E-state index in [0.717, 1.165) is 31.3 Å². The van der Waals surface area contributed by atoms with Crippen LogP contribution in [0.1, 0.15) is 21.4 Å². The van der Waals surface area contributed by atoms with Crippen molar-refractivity contribution in [3.63, 3.8) is 0 Å². The third-order valence-electron chi connectivity index (χ3n) is 6.00. The number of rotatable bonds is 7. The fourth-order valence-electron chi connectivity index (χ4n) is 4.17. The first-order valence-corrected chi connectivity index (χ1v) is 12.0. The SMILES string of the molecule is NC1=NC(NNC(=O)c2cccs2)c2cnn(CCN3CCN(c4ccc(F)cc4F)CC3)c2N1. The first-order valence-electron chi connectivity index (χ1n) is 11.2. The molecule has 0 radical (unpaired) electrons. The van der Waals surface area contributed by atoms with Gasteiger partial charge in [0.25, 0.3) is 5.91 Å². The van der Waals surface area contributed by atoms with Gasteiger partial charge >= 0.3 is 0 Å². The lowest BCUT2D eigenvalue weighted by Gasteiger charge is -2.36. The molecule has 2 aliphatic heterocycles. The molecule has 0 saturated carbocycles. The summed E-state index contributed by atoms with van der Waals surface area (Å²) in [6.07, 6.45) is 1.13. The van der Waals surface area contributed by atoms with Gasteiger partial charge in [-0.05, 0) is 23.6 Å². The second-order valence-corrected chi connectivity index (χ2v) is 9.16. The Labute approximate surface area is 204 Å². The standard InChI is InChI=1S/C22H25F2N9OS/c23-14-3-4-17(16(24)12-14)32-8-5-31(6-9-32)7-10-33-20-15(13-26-33)19(27-22(25)28-20)29-30-21(34)18-2-1-11-35-18/h1-4,11-13,19,29H,5-10H2,(H,30,34)(H3,25,27,28). The smallest absolute Gasteiger partial charge is 0.275 e. The number of anilines is 2. The third kappa shape index (κ3) is 5.11. The van der Waals surface area contributed by atoms with Crippen LogP contribution >= 0.6 is 11.3 Å². The van der Waals surface area contributed by atoms with Crippen LogP contribution < -0.4 is 26.8 Å². The Morgan fingerprint density at radius 2 is 2.03 bits per heavy atom. The highest BCUT2D eigenvalue weighted by Gasteiger charge is 2.26. The van der Waals surface area contributed by atoms with Crippen LogP contribution in [0.4, 0.5) is 20.3 Å². The number of nitrogens with one attached hydrogen (secondary N) is 3. The maximum absolute atomic E-state index is 14.1. The number of fused-ring (bicyclic) bond motifs is 1. The van der Waals surface area contributed by atoms with Crippen molar-refractivity contribution in [1.82, 2.24) is 25.5 Å². The van der Waals surface area contributed by atoms with Gasteiger partial charge in [-0.25, -0.2) is 23.9 Å². The van der Waals surface area contributed by atoms with Crippen molar-refractivity contribution in [2.24, 2.45) is 10.7 Å². The molecule has 35 heavy (non-hydrogen) atoms. The zero-order valence-corrected chi connectivity index (χ0v) is 19.6. The van der Waals surface area contributed by atoms with Crippen molar-refractivity contribution in [3.05, 3.63) is 64.0 Å². The molecule has 0 aliphatic carbocycles. The zero-order chi connectivity index (χ0) is 24.4. The van der Waals surface area contributed by atoms with Crippen LogP contribution in [0.5, 0.6) is 0 Å². The van der Waals surface area contributed by atoms with Crippen LogP contribution in [0.15, 0.2) is 46.9 Å². The van der Waals surface area contributed by atoms with Gasteiger partial charge in [-0.3, -0.25) is 15.1 Å². The quantitative estimate of drug-likeness (QED) is 0.365. The fraction of sp³-hybridized carbons (Fsp3) is 0.318. The fourth-order valence-corrected chi connectivity index (χ4v) is 4.79. The molecule has 1 saturated heterocycles. The lowest BCUT2D eigenvalue weighted by molar-refractivity contribution is 0.0929. The summed E-state index contributed by atoms with van der Waals surface area (Å²) in [5, 5.41) is 9.37. The molecule has 1 fully saturated rings. The maximum Gasteiger partial charge on any atom is 0.275 e. The molecule has 0 spiro atoms. The van der Waals surface area contributed by atoms with Gasteiger partial charge in [-0.1, -0.05) is 6.07 Å². The van der Waals surface area contributed by atoms with E-state index in [1.807, 2.05) is 21.0 Å². The Morgan fingerprint density at radius 1 is 1.20 bits per heavy atom. The largest absolute Gasteiger partial charge is 0.370 e. The highest BCUT2D eigenvalue weighted by Crippen LogP contribution is 2.27. The van der Waals surface area contributed by atoms with Gasteiger partial charge in [0.05, 0.1) is 28.9 Å². The molecule has 1 amide bonds. The van der Waals surface area contributed by atoms with Gasteiger partial charge in [-0.2, -0.15) is 5.10 Å². The van der Waals surface area contributed by atoms with Gasteiger partial charge in [-0.15, -0.1) is 11.3 Å². The topological polar surface area (TPSA) is 116 Å². The molecule has 1 unspecified atom stereocenters. The van der Waals surface area contributed by atoms with E-state index in [9.17, 15) is 13.6 Å². The molecular formula is C22H25F2N9OS. The molecule has 5 rings (SSSR count). The van der Waals surface area contributed by atoms with E-state index in [-0.39, 0.29) is 11.9 Å². The summed E-state index contributed by atoms with van der Waals surface area (Å²) >= 11 is 1.35. The van der Waals surface area contributed by atoms with Crippen LogP contribution in [0.25, 0.3) is 0 Å². The first-order chi connectivity index (χ1) is 17.0. The maximum atomic E-state index is 14.1. The van der Waals surface area contributed by atoms with E-state index in [1.54, 1.807) is 12.3 Å². The number of benzene rings is 1. The normalized spacial score (nSPS) is 18.1. The summed E-state index contributed by atoms with van der Waals surface area (Å²) in [6.45, 7) is 4.13.